The van der Waals surface area contributed by atoms with Crippen LogP contribution in [-0.4, -0.2) is 69.2 Å². The first-order chi connectivity index (χ1) is 15.0. The fraction of sp³-hybridized carbons (Fsp3) is 0.870. The molecule has 1 unspecified atom stereocenters. The Morgan fingerprint density at radius 2 is 1.42 bits per heavy atom. The molecule has 0 saturated carbocycles. The Bertz CT molecular complexity index is 515. The van der Waals surface area contributed by atoms with Crippen LogP contribution < -0.4 is 11.1 Å². The Balaban J connectivity index is 1.73. The fourth-order valence-corrected chi connectivity index (χ4v) is 3.55. The summed E-state index contributed by atoms with van der Waals surface area (Å²) in [7, 11) is 1.74. The largest absolute Gasteiger partial charge is 0.381 e. The van der Waals surface area contributed by atoms with Crippen LogP contribution in [0.1, 0.15) is 77.0 Å². The number of nitrogens with zero attached hydrogens (tertiary/aromatic N) is 1. The number of primary amides is 1. The van der Waals surface area contributed by atoms with Gasteiger partial charge in [0, 0.05) is 59.4 Å². The zero-order valence-electron chi connectivity index (χ0n) is 19.4. The highest BCUT2D eigenvalue weighted by molar-refractivity contribution is 5.89. The Morgan fingerprint density at radius 1 is 0.903 bits per heavy atom. The molecular weight excluding hydrogens is 398 g/mol. The number of carbonyl (C=O) groups is 3. The maximum absolute atomic E-state index is 12.0. The molecule has 3 N–H and O–H groups in total. The van der Waals surface area contributed by atoms with Crippen LogP contribution in [0.5, 0.6) is 0 Å². The molecule has 1 saturated heterocycles. The van der Waals surface area contributed by atoms with Gasteiger partial charge in [-0.3, -0.25) is 14.4 Å². The molecule has 1 heterocycles. The van der Waals surface area contributed by atoms with Crippen molar-refractivity contribution in [2.24, 2.45) is 11.7 Å². The van der Waals surface area contributed by atoms with Gasteiger partial charge >= 0.3 is 0 Å². The van der Waals surface area contributed by atoms with Crippen LogP contribution >= 0.6 is 0 Å². The Kier molecular flexibility index (Phi) is 15.8. The second-order valence-corrected chi connectivity index (χ2v) is 8.44. The van der Waals surface area contributed by atoms with E-state index in [4.69, 9.17) is 15.2 Å². The highest BCUT2D eigenvalue weighted by Gasteiger charge is 2.31. The van der Waals surface area contributed by atoms with Gasteiger partial charge in [0.25, 0.3) is 0 Å². The van der Waals surface area contributed by atoms with Crippen molar-refractivity contribution in [2.75, 3.05) is 46.6 Å². The molecule has 0 radical (unpaired) electrons. The second-order valence-electron chi connectivity index (χ2n) is 8.44. The van der Waals surface area contributed by atoms with E-state index in [1.54, 1.807) is 11.9 Å². The molecule has 8 nitrogen and oxygen atoms in total. The Hall–Kier alpha value is -1.67. The fourth-order valence-electron chi connectivity index (χ4n) is 3.55. The van der Waals surface area contributed by atoms with Gasteiger partial charge in [0.2, 0.25) is 17.7 Å². The molecular formula is C23H43N3O5. The molecule has 0 aromatic rings. The van der Waals surface area contributed by atoms with Crippen LogP contribution in [0.15, 0.2) is 0 Å². The summed E-state index contributed by atoms with van der Waals surface area (Å²) in [5.41, 5.74) is 5.09. The van der Waals surface area contributed by atoms with Crippen molar-refractivity contribution in [3.63, 3.8) is 0 Å². The predicted molar refractivity (Wildman–Crippen MR) is 120 cm³/mol. The molecule has 0 spiro atoms. The van der Waals surface area contributed by atoms with Gasteiger partial charge in [-0.1, -0.05) is 25.7 Å². The summed E-state index contributed by atoms with van der Waals surface area (Å²) in [6.45, 7) is 4.23. The lowest BCUT2D eigenvalue weighted by Gasteiger charge is -2.11. The molecule has 0 aromatic heterocycles. The number of rotatable bonds is 20. The molecule has 1 rings (SSSR count). The molecule has 3 amide bonds. The molecule has 1 fully saturated rings. The van der Waals surface area contributed by atoms with Gasteiger partial charge in [-0.2, -0.15) is 0 Å². The normalized spacial score (nSPS) is 16.1. The van der Waals surface area contributed by atoms with Gasteiger partial charge in [0.05, 0.1) is 5.92 Å². The number of nitrogens with one attached hydrogen (secondary N) is 1. The molecule has 0 aromatic carbocycles. The van der Waals surface area contributed by atoms with E-state index in [0.717, 1.165) is 65.0 Å². The minimum absolute atomic E-state index is 0.00890. The first kappa shape index (κ1) is 27.4. The molecule has 1 aliphatic rings. The van der Waals surface area contributed by atoms with Crippen LogP contribution in [0.25, 0.3) is 0 Å². The van der Waals surface area contributed by atoms with Crippen LogP contribution in [0, 0.1) is 5.92 Å². The highest BCUT2D eigenvalue weighted by Crippen LogP contribution is 2.15. The number of hydrogen-bond acceptors (Lipinski definition) is 5. The first-order valence-corrected chi connectivity index (χ1v) is 12.0. The minimum atomic E-state index is -0.237. The van der Waals surface area contributed by atoms with E-state index in [1.165, 1.54) is 25.7 Å². The van der Waals surface area contributed by atoms with Crippen molar-refractivity contribution in [3.8, 4) is 0 Å². The average Bonchev–Trinajstić information content (AvgIpc) is 3.08. The standard InChI is InChI=1S/C23H43N3O5/c1-26-19-20(18-22(26)28)23(29)25-13-7-11-17-31-15-9-5-3-2-4-8-14-30-16-10-6-12-21(24)27/h20H,2-19H2,1H3,(H2,24,27)(H,25,29). The molecule has 1 atom stereocenters. The van der Waals surface area contributed by atoms with Crippen molar-refractivity contribution < 1.29 is 23.9 Å². The highest BCUT2D eigenvalue weighted by atomic mass is 16.5. The maximum atomic E-state index is 12.0. The number of likely N-dealkylation sites (tertiary alicyclic amines) is 1. The van der Waals surface area contributed by atoms with Gasteiger partial charge in [-0.25, -0.2) is 0 Å². The topological polar surface area (TPSA) is 111 Å². The maximum Gasteiger partial charge on any atom is 0.225 e. The summed E-state index contributed by atoms with van der Waals surface area (Å²) in [5.74, 6) is -0.391. The van der Waals surface area contributed by atoms with E-state index >= 15 is 0 Å². The zero-order valence-corrected chi connectivity index (χ0v) is 19.4. The summed E-state index contributed by atoms with van der Waals surface area (Å²) in [5, 5.41) is 2.92. The first-order valence-electron chi connectivity index (χ1n) is 12.0. The number of amides is 3. The van der Waals surface area contributed by atoms with Crippen molar-refractivity contribution in [2.45, 2.75) is 77.0 Å². The molecule has 8 heteroatoms. The summed E-state index contributed by atoms with van der Waals surface area (Å²) in [4.78, 5) is 35.7. The number of hydrogen-bond donors (Lipinski definition) is 2. The van der Waals surface area contributed by atoms with Gasteiger partial charge in [-0.15, -0.1) is 0 Å². The smallest absolute Gasteiger partial charge is 0.225 e. The zero-order chi connectivity index (χ0) is 22.7. The van der Waals surface area contributed by atoms with Crippen LogP contribution in [0.4, 0.5) is 0 Å². The lowest BCUT2D eigenvalue weighted by molar-refractivity contribution is -0.128. The van der Waals surface area contributed by atoms with Crippen LogP contribution in [0.3, 0.4) is 0 Å². The SMILES string of the molecule is CN1CC(C(=O)NCCCCOCCCCCCCCOCCCCC(N)=O)CC1=O. The van der Waals surface area contributed by atoms with Crippen LogP contribution in [0.2, 0.25) is 0 Å². The number of ether oxygens (including phenoxy) is 2. The summed E-state index contributed by atoms with van der Waals surface area (Å²) in [6, 6.07) is 0. The summed E-state index contributed by atoms with van der Waals surface area (Å²) in [6.07, 6.45) is 11.4. The van der Waals surface area contributed by atoms with Crippen molar-refractivity contribution >= 4 is 17.7 Å². The van der Waals surface area contributed by atoms with E-state index < -0.39 is 0 Å². The van der Waals surface area contributed by atoms with Crippen molar-refractivity contribution in [1.82, 2.24) is 10.2 Å². The summed E-state index contributed by atoms with van der Waals surface area (Å²) >= 11 is 0. The second kappa shape index (κ2) is 18.0. The number of unbranched alkanes of at least 4 members (excludes halogenated alkanes) is 7. The van der Waals surface area contributed by atoms with Crippen molar-refractivity contribution in [3.05, 3.63) is 0 Å². The predicted octanol–water partition coefficient (Wildman–Crippen LogP) is 2.39. The van der Waals surface area contributed by atoms with Gasteiger partial charge in [0.15, 0.2) is 0 Å². The average molecular weight is 442 g/mol. The number of carbonyl (C=O) groups excluding carboxylic acids is 3. The molecule has 1 aliphatic heterocycles. The molecule has 0 aliphatic carbocycles. The Morgan fingerprint density at radius 3 is 1.94 bits per heavy atom. The van der Waals surface area contributed by atoms with Gasteiger partial charge in [-0.05, 0) is 38.5 Å². The quantitative estimate of drug-likeness (QED) is 0.282. The van der Waals surface area contributed by atoms with Crippen molar-refractivity contribution in [1.29, 1.82) is 0 Å². The lowest BCUT2D eigenvalue weighted by atomic mass is 10.1. The number of nitrogens with two attached hydrogens (primary N) is 1. The third-order valence-electron chi connectivity index (χ3n) is 5.52. The van der Waals surface area contributed by atoms with E-state index in [2.05, 4.69) is 5.32 Å². The Labute approximate surface area is 187 Å². The molecule has 180 valence electrons. The monoisotopic (exact) mass is 441 g/mol. The third kappa shape index (κ3) is 14.9. The van der Waals surface area contributed by atoms with E-state index in [1.807, 2.05) is 0 Å². The van der Waals surface area contributed by atoms with E-state index in [9.17, 15) is 14.4 Å². The van der Waals surface area contributed by atoms with Gasteiger partial charge in [0.1, 0.15) is 0 Å². The van der Waals surface area contributed by atoms with Crippen LogP contribution in [-0.2, 0) is 23.9 Å². The molecule has 0 bridgehead atoms. The van der Waals surface area contributed by atoms with E-state index in [-0.39, 0.29) is 23.6 Å². The van der Waals surface area contributed by atoms with Gasteiger partial charge < -0.3 is 25.4 Å². The molecule has 31 heavy (non-hydrogen) atoms. The third-order valence-corrected chi connectivity index (χ3v) is 5.52. The minimum Gasteiger partial charge on any atom is -0.381 e. The lowest BCUT2D eigenvalue weighted by Crippen LogP contribution is -2.32. The summed E-state index contributed by atoms with van der Waals surface area (Å²) < 4.78 is 11.2. The van der Waals surface area contributed by atoms with E-state index in [0.29, 0.717) is 25.9 Å².